The van der Waals surface area contributed by atoms with E-state index in [0.717, 1.165) is 32.8 Å². The van der Waals surface area contributed by atoms with Crippen molar-refractivity contribution in [1.82, 2.24) is 19.7 Å². The van der Waals surface area contributed by atoms with Crippen LogP contribution in [0, 0.1) is 23.2 Å². The molecule has 0 saturated heterocycles. The van der Waals surface area contributed by atoms with E-state index >= 15 is 0 Å². The Morgan fingerprint density at radius 2 is 2.14 bits per heavy atom. The summed E-state index contributed by atoms with van der Waals surface area (Å²) in [5.41, 5.74) is 9.53. The molecule has 4 aromatic rings. The van der Waals surface area contributed by atoms with Crippen LogP contribution in [0.15, 0.2) is 43.0 Å². The monoisotopic (exact) mass is 383 g/mol. The van der Waals surface area contributed by atoms with Crippen molar-refractivity contribution in [3.05, 3.63) is 43.0 Å². The fraction of sp³-hybridized carbons (Fsp3) is 0.190. The highest BCUT2D eigenvalue weighted by Gasteiger charge is 2.43. The normalized spacial score (nSPS) is 17.9. The summed E-state index contributed by atoms with van der Waals surface area (Å²) < 4.78 is 1.75. The maximum absolute atomic E-state index is 12.2. The lowest BCUT2D eigenvalue weighted by Gasteiger charge is -2.10. The van der Waals surface area contributed by atoms with E-state index in [-0.39, 0.29) is 17.7 Å². The average molecular weight is 383 g/mol. The van der Waals surface area contributed by atoms with Crippen molar-refractivity contribution in [2.45, 2.75) is 6.42 Å². The maximum Gasteiger partial charge on any atom is 0.230 e. The number of fused-ring (bicyclic) bond motifs is 2. The van der Waals surface area contributed by atoms with Crippen molar-refractivity contribution < 1.29 is 4.79 Å². The first kappa shape index (κ1) is 17.1. The summed E-state index contributed by atoms with van der Waals surface area (Å²) in [4.78, 5) is 20.8. The van der Waals surface area contributed by atoms with Gasteiger partial charge in [0.15, 0.2) is 0 Å². The third kappa shape index (κ3) is 2.93. The van der Waals surface area contributed by atoms with Gasteiger partial charge in [-0.3, -0.25) is 14.5 Å². The number of nitrogens with two attached hydrogens (primary N) is 1. The first-order valence-corrected chi connectivity index (χ1v) is 9.21. The Bertz CT molecular complexity index is 1330. The predicted octanol–water partition coefficient (Wildman–Crippen LogP) is 2.86. The molecule has 1 fully saturated rings. The highest BCUT2D eigenvalue weighted by atomic mass is 16.2. The van der Waals surface area contributed by atoms with Gasteiger partial charge in [-0.1, -0.05) is 0 Å². The molecule has 1 amide bonds. The van der Waals surface area contributed by atoms with Crippen LogP contribution in [0.4, 0.5) is 11.5 Å². The number of nitrogens with one attached hydrogen (secondary N) is 1. The largest absolute Gasteiger partial charge is 0.398 e. The molecule has 1 aromatic carbocycles. The lowest BCUT2D eigenvalue weighted by molar-refractivity contribution is -0.117. The van der Waals surface area contributed by atoms with Crippen LogP contribution < -0.4 is 11.1 Å². The summed E-state index contributed by atoms with van der Waals surface area (Å²) in [5.74, 6) is -0.162. The Labute approximate surface area is 166 Å². The van der Waals surface area contributed by atoms with Crippen molar-refractivity contribution in [1.29, 1.82) is 5.26 Å². The zero-order valence-electron chi connectivity index (χ0n) is 15.6. The van der Waals surface area contributed by atoms with Gasteiger partial charge in [0.05, 0.1) is 24.1 Å². The van der Waals surface area contributed by atoms with E-state index in [1.165, 1.54) is 0 Å². The number of hydrogen-bond acceptors (Lipinski definition) is 6. The Morgan fingerprint density at radius 3 is 2.93 bits per heavy atom. The Morgan fingerprint density at radius 1 is 1.28 bits per heavy atom. The molecule has 3 aromatic heterocycles. The van der Waals surface area contributed by atoms with Crippen LogP contribution in [0.3, 0.4) is 0 Å². The second-order valence-electron chi connectivity index (χ2n) is 7.35. The molecular weight excluding hydrogens is 366 g/mol. The van der Waals surface area contributed by atoms with Gasteiger partial charge >= 0.3 is 0 Å². The van der Waals surface area contributed by atoms with Crippen molar-refractivity contribution in [3.8, 4) is 17.2 Å². The summed E-state index contributed by atoms with van der Waals surface area (Å²) in [6.07, 6.45) is 7.74. The minimum absolute atomic E-state index is 0.170. The molecule has 5 rings (SSSR count). The van der Waals surface area contributed by atoms with Gasteiger partial charge in [-0.15, -0.1) is 0 Å². The summed E-state index contributed by atoms with van der Waals surface area (Å²) in [5, 5.41) is 18.8. The molecule has 8 heteroatoms. The van der Waals surface area contributed by atoms with Crippen LogP contribution >= 0.6 is 0 Å². The van der Waals surface area contributed by atoms with Crippen LogP contribution in [0.2, 0.25) is 0 Å². The van der Waals surface area contributed by atoms with Gasteiger partial charge in [0.2, 0.25) is 5.91 Å². The molecule has 0 spiro atoms. The third-order valence-corrected chi connectivity index (χ3v) is 5.27. The first-order valence-electron chi connectivity index (χ1n) is 9.21. The third-order valence-electron chi connectivity index (χ3n) is 5.27. The van der Waals surface area contributed by atoms with Gasteiger partial charge in [0.25, 0.3) is 0 Å². The van der Waals surface area contributed by atoms with Crippen LogP contribution in [0.1, 0.15) is 6.42 Å². The van der Waals surface area contributed by atoms with Crippen LogP contribution in [-0.2, 0) is 11.8 Å². The van der Waals surface area contributed by atoms with Crippen molar-refractivity contribution in [2.75, 3.05) is 11.1 Å². The number of aromatic nitrogens is 4. The summed E-state index contributed by atoms with van der Waals surface area (Å²) in [6, 6.07) is 7.82. The van der Waals surface area contributed by atoms with Crippen LogP contribution in [0.25, 0.3) is 32.8 Å². The molecule has 1 aliphatic carbocycles. The van der Waals surface area contributed by atoms with E-state index in [1.54, 1.807) is 29.3 Å². The van der Waals surface area contributed by atoms with Gasteiger partial charge in [-0.2, -0.15) is 10.4 Å². The van der Waals surface area contributed by atoms with E-state index in [1.807, 2.05) is 25.4 Å². The van der Waals surface area contributed by atoms with Crippen molar-refractivity contribution in [3.63, 3.8) is 0 Å². The number of rotatable bonds is 3. The number of hydrogen-bond donors (Lipinski definition) is 2. The predicted molar refractivity (Wildman–Crippen MR) is 109 cm³/mol. The van der Waals surface area contributed by atoms with E-state index in [9.17, 15) is 4.79 Å². The van der Waals surface area contributed by atoms with Gasteiger partial charge in [-0.25, -0.2) is 4.98 Å². The minimum atomic E-state index is -0.247. The zero-order chi connectivity index (χ0) is 20.1. The van der Waals surface area contributed by atoms with Crippen molar-refractivity contribution >= 4 is 39.1 Å². The van der Waals surface area contributed by atoms with Gasteiger partial charge in [-0.05, 0) is 35.6 Å². The molecule has 1 saturated carbocycles. The van der Waals surface area contributed by atoms with E-state index in [4.69, 9.17) is 11.0 Å². The van der Waals surface area contributed by atoms with Gasteiger partial charge < -0.3 is 11.1 Å². The van der Waals surface area contributed by atoms with E-state index in [2.05, 4.69) is 26.5 Å². The molecule has 1 aliphatic rings. The highest BCUT2D eigenvalue weighted by molar-refractivity contribution is 6.02. The Kier molecular flexibility index (Phi) is 3.71. The summed E-state index contributed by atoms with van der Waals surface area (Å²) in [7, 11) is 1.87. The SMILES string of the molecule is Cn1cc2c(-c3cc(N)c4cnc(NC(=O)C5CC5C#N)cc4c3)cncc2n1. The molecule has 0 bridgehead atoms. The minimum Gasteiger partial charge on any atom is -0.398 e. The lowest BCUT2D eigenvalue weighted by atomic mass is 10.00. The van der Waals surface area contributed by atoms with E-state index < -0.39 is 0 Å². The molecule has 8 nitrogen and oxygen atoms in total. The number of carbonyl (C=O) groups excluding carboxylic acids is 1. The number of carbonyl (C=O) groups is 1. The molecular formula is C21H17N7O. The second-order valence-corrected chi connectivity index (χ2v) is 7.35. The number of pyridine rings is 2. The molecule has 3 heterocycles. The molecule has 142 valence electrons. The average Bonchev–Trinajstić information content (AvgIpc) is 3.40. The Hall–Kier alpha value is -3.99. The number of anilines is 2. The number of amides is 1. The number of nitriles is 1. The molecule has 0 radical (unpaired) electrons. The fourth-order valence-corrected chi connectivity index (χ4v) is 3.65. The standard InChI is InChI=1S/C21H17N7O/c1-28-10-17-15(7-24-9-19(17)27-28)11-2-12-5-20(25-8-16(12)18(23)4-11)26-21(29)14-3-13(14)6-22/h2,4-5,7-10,13-14H,3,23H2,1H3,(H,25,26,29). The number of nitrogens with zero attached hydrogens (tertiary/aromatic N) is 5. The molecule has 2 unspecified atom stereocenters. The summed E-state index contributed by atoms with van der Waals surface area (Å²) >= 11 is 0. The number of benzene rings is 1. The lowest BCUT2D eigenvalue weighted by Crippen LogP contribution is -2.15. The number of nitrogen functional groups attached to an aromatic ring is 1. The summed E-state index contributed by atoms with van der Waals surface area (Å²) in [6.45, 7) is 0. The van der Waals surface area contributed by atoms with Crippen LogP contribution in [0.5, 0.6) is 0 Å². The zero-order valence-corrected chi connectivity index (χ0v) is 15.6. The van der Waals surface area contributed by atoms with Gasteiger partial charge in [0.1, 0.15) is 11.3 Å². The number of aryl methyl sites for hydroxylation is 1. The highest BCUT2D eigenvalue weighted by Crippen LogP contribution is 2.39. The van der Waals surface area contributed by atoms with Gasteiger partial charge in [0, 0.05) is 47.7 Å². The van der Waals surface area contributed by atoms with Crippen LogP contribution in [-0.4, -0.2) is 25.7 Å². The fourth-order valence-electron chi connectivity index (χ4n) is 3.65. The smallest absolute Gasteiger partial charge is 0.230 e. The maximum atomic E-state index is 12.2. The molecule has 2 atom stereocenters. The Balaban J connectivity index is 1.56. The van der Waals surface area contributed by atoms with Crippen molar-refractivity contribution in [2.24, 2.45) is 18.9 Å². The topological polar surface area (TPSA) is 123 Å². The molecule has 29 heavy (non-hydrogen) atoms. The quantitative estimate of drug-likeness (QED) is 0.525. The molecule has 3 N–H and O–H groups in total. The molecule has 0 aliphatic heterocycles. The first-order chi connectivity index (χ1) is 14.0. The van der Waals surface area contributed by atoms with E-state index in [0.29, 0.717) is 17.9 Å². The second kappa shape index (κ2) is 6.27.